The molecule has 0 rings (SSSR count). The third kappa shape index (κ3) is 2.16. The third-order valence-electron chi connectivity index (χ3n) is 0.332. The van der Waals surface area contributed by atoms with Crippen LogP contribution in [0.5, 0.6) is 0 Å². The second-order valence-corrected chi connectivity index (χ2v) is 1.17. The van der Waals surface area contributed by atoms with Crippen molar-refractivity contribution in [2.45, 2.75) is 0 Å². The van der Waals surface area contributed by atoms with Gasteiger partial charge in [0.1, 0.15) is 0 Å². The van der Waals surface area contributed by atoms with Gasteiger partial charge in [-0.15, -0.1) is 0 Å². The van der Waals surface area contributed by atoms with Gasteiger partial charge in [-0.3, -0.25) is 0 Å². The molecule has 0 N–H and O–H groups in total. The molecular formula is C3ClF4. The highest BCUT2D eigenvalue weighted by Crippen LogP contribution is 2.25. The zero-order valence-electron chi connectivity index (χ0n) is 3.39. The summed E-state index contributed by atoms with van der Waals surface area (Å²) in [6.07, 6.45) is -2.75. The average Bonchev–Trinajstić information content (AvgIpc) is 1.64. The van der Waals surface area contributed by atoms with Crippen LogP contribution in [0.1, 0.15) is 0 Å². The normalized spacial score (nSPS) is 9.75. The molecule has 47 valence electrons. The van der Waals surface area contributed by atoms with Gasteiger partial charge >= 0.3 is 6.08 Å². The topological polar surface area (TPSA) is 0 Å². The fourth-order valence-electron chi connectivity index (χ4n) is 0.0714. The van der Waals surface area contributed by atoms with E-state index in [0.717, 1.165) is 0 Å². The van der Waals surface area contributed by atoms with Crippen LogP contribution >= 0.6 is 11.6 Å². The molecule has 0 nitrogen and oxygen atoms in total. The first kappa shape index (κ1) is 7.75. The SMILES string of the molecule is F[C](Cl)C(F)=C(F)F. The zero-order chi connectivity index (χ0) is 6.73. The van der Waals surface area contributed by atoms with Gasteiger partial charge in [0.05, 0.1) is 0 Å². The van der Waals surface area contributed by atoms with E-state index in [9.17, 15) is 17.6 Å². The summed E-state index contributed by atoms with van der Waals surface area (Å²) in [4.78, 5) is 0. The molecule has 0 aliphatic heterocycles. The first-order valence-electron chi connectivity index (χ1n) is 1.44. The smallest absolute Gasteiger partial charge is 0.212 e. The molecule has 0 aromatic rings. The Morgan fingerprint density at radius 2 is 1.38 bits per heavy atom. The van der Waals surface area contributed by atoms with Crippen molar-refractivity contribution in [3.8, 4) is 0 Å². The van der Waals surface area contributed by atoms with E-state index < -0.39 is 17.5 Å². The lowest BCUT2D eigenvalue weighted by Crippen LogP contribution is -1.78. The zero-order valence-corrected chi connectivity index (χ0v) is 4.15. The second-order valence-electron chi connectivity index (χ2n) is 0.835. The lowest BCUT2D eigenvalue weighted by atomic mass is 10.6. The molecular weight excluding hydrogens is 147 g/mol. The van der Waals surface area contributed by atoms with Crippen LogP contribution in [0.2, 0.25) is 0 Å². The van der Waals surface area contributed by atoms with Crippen molar-refractivity contribution in [3.05, 3.63) is 17.5 Å². The quantitative estimate of drug-likeness (QED) is 0.501. The number of allylic oxidation sites excluding steroid dienone is 1. The summed E-state index contributed by atoms with van der Waals surface area (Å²) in [7, 11) is 0. The Hall–Kier alpha value is -0.250. The Bertz CT molecular complexity index is 104. The standard InChI is InChI=1S/C3ClF4/c4-2(6)1(5)3(7)8. The third-order valence-corrected chi connectivity index (χ3v) is 0.498. The van der Waals surface area contributed by atoms with E-state index >= 15 is 0 Å². The van der Waals surface area contributed by atoms with Crippen LogP contribution in [-0.4, -0.2) is 0 Å². The van der Waals surface area contributed by atoms with E-state index in [2.05, 4.69) is 11.6 Å². The molecule has 0 unspecified atom stereocenters. The van der Waals surface area contributed by atoms with Crippen molar-refractivity contribution in [3.63, 3.8) is 0 Å². The van der Waals surface area contributed by atoms with Crippen molar-refractivity contribution < 1.29 is 17.6 Å². The minimum absolute atomic E-state index is 2.02. The van der Waals surface area contributed by atoms with Gasteiger partial charge in [-0.05, 0) is 0 Å². The molecule has 0 bridgehead atoms. The maximum absolute atomic E-state index is 11.2. The summed E-state index contributed by atoms with van der Waals surface area (Å²) < 4.78 is 44.0. The average molecular weight is 147 g/mol. The van der Waals surface area contributed by atoms with Crippen molar-refractivity contribution in [1.82, 2.24) is 0 Å². The molecule has 0 fully saturated rings. The summed E-state index contributed by atoms with van der Waals surface area (Å²) in [6.45, 7) is 0. The maximum atomic E-state index is 11.2. The van der Waals surface area contributed by atoms with Crippen molar-refractivity contribution in [1.29, 1.82) is 0 Å². The first-order valence-corrected chi connectivity index (χ1v) is 1.82. The van der Waals surface area contributed by atoms with E-state index in [1.807, 2.05) is 0 Å². The monoisotopic (exact) mass is 147 g/mol. The molecule has 0 spiro atoms. The van der Waals surface area contributed by atoms with Crippen LogP contribution < -0.4 is 0 Å². The Kier molecular flexibility index (Phi) is 2.82. The van der Waals surface area contributed by atoms with E-state index in [1.54, 1.807) is 0 Å². The number of rotatable bonds is 1. The highest BCUT2D eigenvalue weighted by molar-refractivity contribution is 6.27. The Balaban J connectivity index is 4.00. The van der Waals surface area contributed by atoms with E-state index in [0.29, 0.717) is 0 Å². The minimum atomic E-state index is -2.75. The summed E-state index contributed by atoms with van der Waals surface area (Å²) in [5.41, 5.74) is -2.02. The molecule has 8 heavy (non-hydrogen) atoms. The van der Waals surface area contributed by atoms with Gasteiger partial charge in [0.2, 0.25) is 5.83 Å². The summed E-state index contributed by atoms with van der Waals surface area (Å²) in [5, 5.41) is 0. The second kappa shape index (κ2) is 2.91. The van der Waals surface area contributed by atoms with Gasteiger partial charge in [-0.2, -0.15) is 8.78 Å². The van der Waals surface area contributed by atoms with E-state index in [4.69, 9.17) is 0 Å². The van der Waals surface area contributed by atoms with Crippen molar-refractivity contribution in [2.24, 2.45) is 0 Å². The summed E-state index contributed by atoms with van der Waals surface area (Å²) in [5.74, 6) is -2.30. The highest BCUT2D eigenvalue weighted by Gasteiger charge is 2.16. The van der Waals surface area contributed by atoms with Gasteiger partial charge in [-0.1, -0.05) is 11.6 Å². The molecule has 0 aliphatic carbocycles. The highest BCUT2D eigenvalue weighted by atomic mass is 35.5. The van der Waals surface area contributed by atoms with Crippen LogP contribution in [-0.2, 0) is 0 Å². The first-order chi connectivity index (χ1) is 3.55. The van der Waals surface area contributed by atoms with Gasteiger partial charge in [-0.25, -0.2) is 8.78 Å². The van der Waals surface area contributed by atoms with Crippen LogP contribution in [0, 0.1) is 5.63 Å². The molecule has 0 amide bonds. The lowest BCUT2D eigenvalue weighted by molar-refractivity contribution is 0.364. The molecule has 0 aliphatic rings. The number of hydrogen-bond acceptors (Lipinski definition) is 0. The molecule has 5 heteroatoms. The fraction of sp³-hybridized carbons (Fsp3) is 0. The van der Waals surface area contributed by atoms with Gasteiger partial charge in [0.15, 0.2) is 0 Å². The number of hydrogen-bond donors (Lipinski definition) is 0. The van der Waals surface area contributed by atoms with Crippen LogP contribution in [0.25, 0.3) is 0 Å². The largest absolute Gasteiger partial charge is 0.306 e. The van der Waals surface area contributed by atoms with Crippen molar-refractivity contribution in [2.75, 3.05) is 0 Å². The predicted octanol–water partition coefficient (Wildman–Crippen LogP) is 2.76. The van der Waals surface area contributed by atoms with Gasteiger partial charge in [0.25, 0.3) is 5.63 Å². The Morgan fingerprint density at radius 3 is 1.38 bits per heavy atom. The minimum Gasteiger partial charge on any atom is -0.212 e. The van der Waals surface area contributed by atoms with Crippen LogP contribution in [0.4, 0.5) is 17.6 Å². The molecule has 1 radical (unpaired) electrons. The van der Waals surface area contributed by atoms with E-state index in [1.165, 1.54) is 0 Å². The van der Waals surface area contributed by atoms with Crippen molar-refractivity contribution >= 4 is 11.6 Å². The molecule has 0 atom stereocenters. The van der Waals surface area contributed by atoms with Gasteiger partial charge < -0.3 is 0 Å². The maximum Gasteiger partial charge on any atom is 0.306 e. The number of halogens is 5. The fourth-order valence-corrected chi connectivity index (χ4v) is 0.143. The Labute approximate surface area is 47.7 Å². The lowest BCUT2D eigenvalue weighted by Gasteiger charge is -1.87. The Morgan fingerprint density at radius 1 is 1.00 bits per heavy atom. The van der Waals surface area contributed by atoms with Crippen LogP contribution in [0.15, 0.2) is 11.9 Å². The molecule has 0 aromatic heterocycles. The summed E-state index contributed by atoms with van der Waals surface area (Å²) in [6, 6.07) is 0. The predicted molar refractivity (Wildman–Crippen MR) is 20.6 cm³/mol. The summed E-state index contributed by atoms with van der Waals surface area (Å²) >= 11 is 4.16. The van der Waals surface area contributed by atoms with E-state index in [-0.39, 0.29) is 0 Å². The molecule has 0 aromatic carbocycles. The van der Waals surface area contributed by atoms with Gasteiger partial charge in [0, 0.05) is 0 Å². The molecule has 0 saturated carbocycles. The molecule has 0 heterocycles. The molecule has 0 saturated heterocycles. The van der Waals surface area contributed by atoms with Crippen LogP contribution in [0.3, 0.4) is 0 Å².